The Balaban J connectivity index is 1.68. The summed E-state index contributed by atoms with van der Waals surface area (Å²) >= 11 is 0. The summed E-state index contributed by atoms with van der Waals surface area (Å²) in [4.78, 5) is 27.5. The van der Waals surface area contributed by atoms with Gasteiger partial charge in [0.15, 0.2) is 5.69 Å². The van der Waals surface area contributed by atoms with Crippen molar-refractivity contribution >= 4 is 17.3 Å². The van der Waals surface area contributed by atoms with Crippen LogP contribution in [0.3, 0.4) is 0 Å². The van der Waals surface area contributed by atoms with E-state index < -0.39 is 17.2 Å². The fourth-order valence-electron chi connectivity index (χ4n) is 3.41. The van der Waals surface area contributed by atoms with Crippen LogP contribution in [0, 0.1) is 12.7 Å². The number of aromatic nitrogens is 2. The van der Waals surface area contributed by atoms with Gasteiger partial charge in [-0.25, -0.2) is 9.07 Å². The van der Waals surface area contributed by atoms with Gasteiger partial charge in [0.05, 0.1) is 24.6 Å². The second-order valence-corrected chi connectivity index (χ2v) is 6.93. The van der Waals surface area contributed by atoms with E-state index in [1.807, 2.05) is 12.1 Å². The zero-order valence-corrected chi connectivity index (χ0v) is 16.5. The molecule has 1 amide bonds. The highest BCUT2D eigenvalue weighted by Crippen LogP contribution is 2.26. The highest BCUT2D eigenvalue weighted by molar-refractivity contribution is 6.04. The molecule has 8 heteroatoms. The average molecular weight is 408 g/mol. The zero-order chi connectivity index (χ0) is 21.1. The first kappa shape index (κ1) is 19.8. The van der Waals surface area contributed by atoms with Crippen molar-refractivity contribution in [2.24, 2.45) is 0 Å². The van der Waals surface area contributed by atoms with E-state index in [0.717, 1.165) is 5.69 Å². The number of morpholine rings is 1. The van der Waals surface area contributed by atoms with Crippen LogP contribution in [0.4, 0.5) is 15.8 Å². The summed E-state index contributed by atoms with van der Waals surface area (Å²) in [5.74, 6) is -1.15. The molecule has 2 aromatic carbocycles. The number of carbonyl (C=O) groups is 1. The highest BCUT2D eigenvalue weighted by atomic mass is 19.1. The Morgan fingerprint density at radius 3 is 2.47 bits per heavy atom. The van der Waals surface area contributed by atoms with Crippen molar-refractivity contribution in [1.29, 1.82) is 0 Å². The van der Waals surface area contributed by atoms with Crippen LogP contribution >= 0.6 is 0 Å². The third kappa shape index (κ3) is 3.95. The van der Waals surface area contributed by atoms with Gasteiger partial charge in [0.1, 0.15) is 11.5 Å². The quantitative estimate of drug-likeness (QED) is 0.719. The van der Waals surface area contributed by atoms with Gasteiger partial charge in [-0.1, -0.05) is 24.3 Å². The van der Waals surface area contributed by atoms with Crippen LogP contribution < -0.4 is 15.6 Å². The van der Waals surface area contributed by atoms with E-state index in [1.54, 1.807) is 31.2 Å². The molecular formula is C22H21FN4O3. The minimum absolute atomic E-state index is 0.165. The van der Waals surface area contributed by atoms with E-state index in [1.165, 1.54) is 22.9 Å². The minimum Gasteiger partial charge on any atom is -0.378 e. The predicted molar refractivity (Wildman–Crippen MR) is 112 cm³/mol. The largest absolute Gasteiger partial charge is 0.378 e. The summed E-state index contributed by atoms with van der Waals surface area (Å²) in [6, 6.07) is 14.7. The number of anilines is 2. The molecule has 1 aliphatic heterocycles. The minimum atomic E-state index is -0.647. The third-order valence-corrected chi connectivity index (χ3v) is 4.91. The molecule has 7 nitrogen and oxygen atoms in total. The third-order valence-electron chi connectivity index (χ3n) is 4.91. The topological polar surface area (TPSA) is 76.5 Å². The van der Waals surface area contributed by atoms with Crippen LogP contribution in [0.2, 0.25) is 0 Å². The molecule has 1 fully saturated rings. The summed E-state index contributed by atoms with van der Waals surface area (Å²) < 4.78 is 20.9. The monoisotopic (exact) mass is 408 g/mol. The molecule has 3 aromatic rings. The van der Waals surface area contributed by atoms with Crippen LogP contribution in [-0.4, -0.2) is 42.0 Å². The molecular weight excluding hydrogens is 387 g/mol. The molecule has 0 aliphatic carbocycles. The summed E-state index contributed by atoms with van der Waals surface area (Å²) in [6.45, 7) is 4.26. The molecule has 0 bridgehead atoms. The van der Waals surface area contributed by atoms with Gasteiger partial charge in [0.25, 0.3) is 5.91 Å². The number of benzene rings is 2. The lowest BCUT2D eigenvalue weighted by Crippen LogP contribution is -2.37. The van der Waals surface area contributed by atoms with Crippen molar-refractivity contribution < 1.29 is 13.9 Å². The van der Waals surface area contributed by atoms with Gasteiger partial charge in [-0.05, 0) is 31.2 Å². The van der Waals surface area contributed by atoms with E-state index in [9.17, 15) is 14.0 Å². The number of rotatable bonds is 4. The lowest BCUT2D eigenvalue weighted by atomic mass is 10.2. The van der Waals surface area contributed by atoms with Crippen molar-refractivity contribution in [2.45, 2.75) is 6.92 Å². The summed E-state index contributed by atoms with van der Waals surface area (Å²) in [6.07, 6.45) is 0. The molecule has 2 heterocycles. The Kier molecular flexibility index (Phi) is 5.58. The van der Waals surface area contributed by atoms with Gasteiger partial charge in [-0.2, -0.15) is 5.10 Å². The second-order valence-electron chi connectivity index (χ2n) is 6.93. The number of amides is 1. The van der Waals surface area contributed by atoms with Gasteiger partial charge in [-0.15, -0.1) is 0 Å². The lowest BCUT2D eigenvalue weighted by molar-refractivity contribution is 0.101. The molecule has 0 atom stereocenters. The first-order valence-corrected chi connectivity index (χ1v) is 9.63. The molecule has 1 aromatic heterocycles. The van der Waals surface area contributed by atoms with Gasteiger partial charge in [-0.3, -0.25) is 9.59 Å². The molecule has 0 radical (unpaired) electrons. The maximum atomic E-state index is 14.2. The SMILES string of the molecule is Cc1cc(=O)c(C(=O)Nc2ccccc2N2CCOCC2)nn1-c1ccccc1F. The van der Waals surface area contributed by atoms with Crippen molar-refractivity contribution in [3.8, 4) is 5.69 Å². The maximum Gasteiger partial charge on any atom is 0.280 e. The Labute approximate surface area is 172 Å². The van der Waals surface area contributed by atoms with Gasteiger partial charge in [0, 0.05) is 24.8 Å². The molecule has 30 heavy (non-hydrogen) atoms. The molecule has 1 N–H and O–H groups in total. The molecule has 1 saturated heterocycles. The molecule has 0 unspecified atom stereocenters. The van der Waals surface area contributed by atoms with Crippen molar-refractivity contribution in [3.63, 3.8) is 0 Å². The molecule has 0 saturated carbocycles. The summed E-state index contributed by atoms with van der Waals surface area (Å²) in [7, 11) is 0. The number of nitrogens with one attached hydrogen (secondary N) is 1. The second kappa shape index (κ2) is 8.46. The number of carbonyl (C=O) groups excluding carboxylic acids is 1. The van der Waals surface area contributed by atoms with E-state index >= 15 is 0 Å². The average Bonchev–Trinajstić information content (AvgIpc) is 2.75. The first-order valence-electron chi connectivity index (χ1n) is 9.63. The van der Waals surface area contributed by atoms with Gasteiger partial charge >= 0.3 is 0 Å². The lowest BCUT2D eigenvalue weighted by Gasteiger charge is -2.30. The van der Waals surface area contributed by atoms with E-state index in [0.29, 0.717) is 37.7 Å². The Morgan fingerprint density at radius 1 is 1.07 bits per heavy atom. The molecule has 154 valence electrons. The van der Waals surface area contributed by atoms with Crippen LogP contribution in [0.25, 0.3) is 5.69 Å². The number of ether oxygens (including phenoxy) is 1. The van der Waals surface area contributed by atoms with E-state index in [-0.39, 0.29) is 11.4 Å². The van der Waals surface area contributed by atoms with Crippen LogP contribution in [0.5, 0.6) is 0 Å². The van der Waals surface area contributed by atoms with Crippen LogP contribution in [-0.2, 0) is 4.74 Å². The van der Waals surface area contributed by atoms with Crippen molar-refractivity contribution in [2.75, 3.05) is 36.5 Å². The standard InChI is InChI=1S/C22H21FN4O3/c1-15-14-20(28)21(25-27(15)18-8-4-2-6-16(18)23)22(29)24-17-7-3-5-9-19(17)26-10-12-30-13-11-26/h2-9,14H,10-13H2,1H3,(H,24,29). The number of nitrogens with zero attached hydrogens (tertiary/aromatic N) is 3. The zero-order valence-electron chi connectivity index (χ0n) is 16.5. The fourth-order valence-corrected chi connectivity index (χ4v) is 3.41. The van der Waals surface area contributed by atoms with E-state index in [2.05, 4.69) is 15.3 Å². The number of halogens is 1. The van der Waals surface area contributed by atoms with E-state index in [4.69, 9.17) is 4.74 Å². The summed E-state index contributed by atoms with van der Waals surface area (Å²) in [5.41, 5.74) is 1.18. The normalized spacial score (nSPS) is 13.9. The molecule has 0 spiro atoms. The number of aryl methyl sites for hydroxylation is 1. The predicted octanol–water partition coefficient (Wildman–Crippen LogP) is 2.77. The number of hydrogen-bond donors (Lipinski definition) is 1. The first-order chi connectivity index (χ1) is 14.5. The smallest absolute Gasteiger partial charge is 0.280 e. The number of para-hydroxylation sites is 3. The van der Waals surface area contributed by atoms with Gasteiger partial charge < -0.3 is 15.0 Å². The Morgan fingerprint density at radius 2 is 1.73 bits per heavy atom. The van der Waals surface area contributed by atoms with Crippen LogP contribution in [0.1, 0.15) is 16.2 Å². The highest BCUT2D eigenvalue weighted by Gasteiger charge is 2.20. The fraction of sp³-hybridized carbons (Fsp3) is 0.227. The summed E-state index contributed by atoms with van der Waals surface area (Å²) in [5, 5.41) is 6.95. The van der Waals surface area contributed by atoms with Gasteiger partial charge in [0.2, 0.25) is 5.43 Å². The van der Waals surface area contributed by atoms with Crippen molar-refractivity contribution in [3.05, 3.63) is 82.0 Å². The Bertz CT molecular complexity index is 1140. The van der Waals surface area contributed by atoms with Crippen molar-refractivity contribution in [1.82, 2.24) is 9.78 Å². The molecule has 1 aliphatic rings. The number of hydrogen-bond acceptors (Lipinski definition) is 5. The Hall–Kier alpha value is -3.52. The molecule has 4 rings (SSSR count). The van der Waals surface area contributed by atoms with Crippen LogP contribution in [0.15, 0.2) is 59.4 Å². The maximum absolute atomic E-state index is 14.2.